The van der Waals surface area contributed by atoms with Crippen molar-refractivity contribution < 1.29 is 9.72 Å². The molecule has 0 radical (unpaired) electrons. The van der Waals surface area contributed by atoms with Crippen molar-refractivity contribution in [2.24, 2.45) is 0 Å². The fourth-order valence-corrected chi connectivity index (χ4v) is 2.53. The van der Waals surface area contributed by atoms with Crippen LogP contribution in [0.25, 0.3) is 0 Å². The van der Waals surface area contributed by atoms with Crippen LogP contribution < -0.4 is 10.6 Å². The lowest BCUT2D eigenvalue weighted by atomic mass is 10.1. The second kappa shape index (κ2) is 5.28. The molecule has 0 saturated carbocycles. The summed E-state index contributed by atoms with van der Waals surface area (Å²) in [5.74, 6) is 0. The lowest BCUT2D eigenvalue weighted by Crippen LogP contribution is -2.37. The van der Waals surface area contributed by atoms with E-state index in [0.717, 1.165) is 5.56 Å². The third kappa shape index (κ3) is 3.27. The number of anilines is 1. The largest absolute Gasteiger partial charge is 0.355 e. The number of aryl methyl sites for hydroxylation is 1. The van der Waals surface area contributed by atoms with E-state index in [0.29, 0.717) is 11.7 Å². The minimum Gasteiger partial charge on any atom is -0.355 e. The maximum Gasteiger partial charge on any atom is 0.328 e. The van der Waals surface area contributed by atoms with Crippen LogP contribution in [0.4, 0.5) is 16.2 Å². The molecular weight excluding hydrogens is 292 g/mol. The van der Waals surface area contributed by atoms with Gasteiger partial charge in [0.25, 0.3) is 5.69 Å². The van der Waals surface area contributed by atoms with Gasteiger partial charge in [-0.05, 0) is 44.6 Å². The molecule has 1 aromatic carbocycles. The molecule has 8 heteroatoms. The van der Waals surface area contributed by atoms with Gasteiger partial charge in [0.05, 0.1) is 17.0 Å². The zero-order valence-electron chi connectivity index (χ0n) is 12.0. The van der Waals surface area contributed by atoms with Crippen LogP contribution in [-0.2, 0) is 0 Å². The molecule has 0 bridgehead atoms. The zero-order chi connectivity index (χ0) is 15.8. The average molecular weight is 308 g/mol. The smallest absolute Gasteiger partial charge is 0.328 e. The summed E-state index contributed by atoms with van der Waals surface area (Å²) in [5, 5.41) is 16.9. The van der Waals surface area contributed by atoms with Crippen molar-refractivity contribution in [2.45, 2.75) is 26.3 Å². The Morgan fingerprint density at radius 1 is 1.52 bits per heavy atom. The quantitative estimate of drug-likeness (QED) is 0.497. The number of amides is 2. The van der Waals surface area contributed by atoms with E-state index >= 15 is 0 Å². The van der Waals surface area contributed by atoms with Gasteiger partial charge in [-0.2, -0.15) is 0 Å². The third-order valence-electron chi connectivity index (χ3n) is 3.08. The van der Waals surface area contributed by atoms with Crippen LogP contribution in [0.15, 0.2) is 18.2 Å². The Balaban J connectivity index is 2.21. The minimum atomic E-state index is -0.521. The van der Waals surface area contributed by atoms with Crippen LogP contribution in [0.3, 0.4) is 0 Å². The first-order valence-corrected chi connectivity index (χ1v) is 6.76. The molecule has 0 unspecified atom stereocenters. The molecule has 0 aliphatic carbocycles. The van der Waals surface area contributed by atoms with Gasteiger partial charge in [0.1, 0.15) is 5.69 Å². The van der Waals surface area contributed by atoms with Crippen molar-refractivity contribution in [2.75, 3.05) is 11.9 Å². The SMILES string of the molecule is Cc1ccc(NC(=O)N2CC(C)(C)NC2=S)c([N+](=O)[O-])c1. The van der Waals surface area contributed by atoms with Gasteiger partial charge in [0.15, 0.2) is 5.11 Å². The summed E-state index contributed by atoms with van der Waals surface area (Å²) < 4.78 is 0. The molecule has 1 fully saturated rings. The first-order valence-electron chi connectivity index (χ1n) is 6.35. The molecule has 1 heterocycles. The molecule has 7 nitrogen and oxygen atoms in total. The predicted molar refractivity (Wildman–Crippen MR) is 83.4 cm³/mol. The standard InChI is InChI=1S/C13H16N4O3S/c1-8-4-5-9(10(6-8)17(19)20)14-11(18)16-7-13(2,3)15-12(16)21/h4-6H,7H2,1-3H3,(H,14,18)(H,15,21). The molecule has 21 heavy (non-hydrogen) atoms. The van der Waals surface area contributed by atoms with Crippen LogP contribution in [0.2, 0.25) is 0 Å². The molecule has 0 aromatic heterocycles. The Hall–Kier alpha value is -2.22. The molecule has 2 N–H and O–H groups in total. The Labute approximate surface area is 127 Å². The van der Waals surface area contributed by atoms with Crippen molar-refractivity contribution in [3.8, 4) is 0 Å². The Kier molecular flexibility index (Phi) is 3.82. The number of hydrogen-bond acceptors (Lipinski definition) is 4. The summed E-state index contributed by atoms with van der Waals surface area (Å²) in [4.78, 5) is 24.1. The summed E-state index contributed by atoms with van der Waals surface area (Å²) in [6, 6.07) is 4.15. The minimum absolute atomic E-state index is 0.138. The number of thiocarbonyl (C=S) groups is 1. The maximum absolute atomic E-state index is 12.2. The fourth-order valence-electron chi connectivity index (χ4n) is 2.11. The highest BCUT2D eigenvalue weighted by Crippen LogP contribution is 2.26. The van der Waals surface area contributed by atoms with Crippen LogP contribution in [-0.4, -0.2) is 33.1 Å². The van der Waals surface area contributed by atoms with Crippen LogP contribution >= 0.6 is 12.2 Å². The molecular formula is C13H16N4O3S. The molecule has 1 aromatic rings. The van der Waals surface area contributed by atoms with Gasteiger partial charge in [-0.25, -0.2) is 4.79 Å². The van der Waals surface area contributed by atoms with Gasteiger partial charge in [0.2, 0.25) is 0 Å². The summed E-state index contributed by atoms with van der Waals surface area (Å²) >= 11 is 5.11. The Morgan fingerprint density at radius 3 is 2.71 bits per heavy atom. The lowest BCUT2D eigenvalue weighted by molar-refractivity contribution is -0.384. The number of carbonyl (C=O) groups is 1. The van der Waals surface area contributed by atoms with Gasteiger partial charge in [0, 0.05) is 6.07 Å². The van der Waals surface area contributed by atoms with E-state index in [2.05, 4.69) is 10.6 Å². The number of hydrogen-bond donors (Lipinski definition) is 2. The van der Waals surface area contributed by atoms with Crippen LogP contribution in [0.1, 0.15) is 19.4 Å². The predicted octanol–water partition coefficient (Wildman–Crippen LogP) is 2.40. The average Bonchev–Trinajstić information content (AvgIpc) is 2.64. The van der Waals surface area contributed by atoms with E-state index in [1.165, 1.54) is 17.0 Å². The van der Waals surface area contributed by atoms with E-state index in [1.54, 1.807) is 13.0 Å². The summed E-state index contributed by atoms with van der Waals surface area (Å²) in [6.07, 6.45) is 0. The van der Waals surface area contributed by atoms with Crippen molar-refractivity contribution in [1.29, 1.82) is 0 Å². The second-order valence-electron chi connectivity index (χ2n) is 5.61. The number of carbonyl (C=O) groups excluding carboxylic acids is 1. The molecule has 1 aliphatic rings. The van der Waals surface area contributed by atoms with Gasteiger partial charge >= 0.3 is 6.03 Å². The number of nitro benzene ring substituents is 1. The number of nitrogens with one attached hydrogen (secondary N) is 2. The zero-order valence-corrected chi connectivity index (χ0v) is 12.8. The van der Waals surface area contributed by atoms with Crippen molar-refractivity contribution >= 4 is 34.7 Å². The second-order valence-corrected chi connectivity index (χ2v) is 5.99. The molecule has 2 amide bonds. The first-order chi connectivity index (χ1) is 9.69. The lowest BCUT2D eigenvalue weighted by Gasteiger charge is -2.18. The number of rotatable bonds is 2. The summed E-state index contributed by atoms with van der Waals surface area (Å²) in [6.45, 7) is 5.99. The van der Waals surface area contributed by atoms with Gasteiger partial charge in [-0.3, -0.25) is 15.0 Å². The first kappa shape index (κ1) is 15.2. The Morgan fingerprint density at radius 2 is 2.19 bits per heavy atom. The fraction of sp³-hybridized carbons (Fsp3) is 0.385. The molecule has 1 saturated heterocycles. The van der Waals surface area contributed by atoms with Gasteiger partial charge in [-0.15, -0.1) is 0 Å². The van der Waals surface area contributed by atoms with Gasteiger partial charge in [-0.1, -0.05) is 6.07 Å². The molecule has 0 spiro atoms. The number of urea groups is 1. The molecule has 0 atom stereocenters. The highest BCUT2D eigenvalue weighted by atomic mass is 32.1. The van der Waals surface area contributed by atoms with E-state index < -0.39 is 11.0 Å². The highest BCUT2D eigenvalue weighted by molar-refractivity contribution is 7.80. The maximum atomic E-state index is 12.2. The highest BCUT2D eigenvalue weighted by Gasteiger charge is 2.36. The topological polar surface area (TPSA) is 87.5 Å². The summed E-state index contributed by atoms with van der Waals surface area (Å²) in [5.41, 5.74) is 0.455. The van der Waals surface area contributed by atoms with Gasteiger partial charge < -0.3 is 10.6 Å². The monoisotopic (exact) mass is 308 g/mol. The molecule has 112 valence electrons. The van der Waals surface area contributed by atoms with Crippen LogP contribution in [0, 0.1) is 17.0 Å². The van der Waals surface area contributed by atoms with Crippen molar-refractivity contribution in [1.82, 2.24) is 10.2 Å². The molecule has 1 aliphatic heterocycles. The molecule has 2 rings (SSSR count). The number of benzene rings is 1. The van der Waals surface area contributed by atoms with Crippen LogP contribution in [0.5, 0.6) is 0 Å². The van der Waals surface area contributed by atoms with Crippen molar-refractivity contribution in [3.05, 3.63) is 33.9 Å². The Bertz CT molecular complexity index is 630. The van der Waals surface area contributed by atoms with E-state index in [9.17, 15) is 14.9 Å². The normalized spacial score (nSPS) is 16.5. The summed E-state index contributed by atoms with van der Waals surface area (Å²) in [7, 11) is 0. The number of nitro groups is 1. The number of nitrogens with zero attached hydrogens (tertiary/aromatic N) is 2. The van der Waals surface area contributed by atoms with E-state index in [1.807, 2.05) is 13.8 Å². The van der Waals surface area contributed by atoms with E-state index in [-0.39, 0.29) is 16.9 Å². The van der Waals surface area contributed by atoms with E-state index in [4.69, 9.17) is 12.2 Å². The van der Waals surface area contributed by atoms with Crippen molar-refractivity contribution in [3.63, 3.8) is 0 Å². The third-order valence-corrected chi connectivity index (χ3v) is 3.40.